The maximum absolute atomic E-state index is 11.7. The molecule has 0 aromatic rings. The van der Waals surface area contributed by atoms with Crippen LogP contribution in [0.3, 0.4) is 0 Å². The lowest BCUT2D eigenvalue weighted by Crippen LogP contribution is -2.34. The van der Waals surface area contributed by atoms with Crippen LogP contribution in [-0.2, 0) is 4.79 Å². The van der Waals surface area contributed by atoms with Crippen LogP contribution < -0.4 is 10.6 Å². The highest BCUT2D eigenvalue weighted by molar-refractivity contribution is 5.77. The van der Waals surface area contributed by atoms with E-state index in [1.165, 1.54) is 0 Å². The number of carbonyl (C=O) groups is 1. The largest absolute Gasteiger partial charge is 0.389 e. The summed E-state index contributed by atoms with van der Waals surface area (Å²) in [5.74, 6) is -0.166. The highest BCUT2D eigenvalue weighted by atomic mass is 19.4. The predicted octanol–water partition coefficient (Wildman–Crippen LogP) is 1.83. The minimum absolute atomic E-state index is 0.0617. The molecule has 0 aliphatic rings. The molecule has 0 rings (SSSR count). The van der Waals surface area contributed by atoms with Gasteiger partial charge >= 0.3 is 6.18 Å². The van der Waals surface area contributed by atoms with E-state index in [1.807, 2.05) is 6.92 Å². The Hall–Kier alpha value is -0.780. The van der Waals surface area contributed by atoms with Gasteiger partial charge in [0, 0.05) is 13.0 Å². The third kappa shape index (κ3) is 11.3. The minimum Gasteiger partial charge on any atom is -0.355 e. The maximum atomic E-state index is 11.7. The fourth-order valence-electron chi connectivity index (χ4n) is 1.12. The van der Waals surface area contributed by atoms with Crippen LogP contribution in [0.15, 0.2) is 0 Å². The van der Waals surface area contributed by atoms with Crippen LogP contribution in [0.4, 0.5) is 13.2 Å². The van der Waals surface area contributed by atoms with Crippen molar-refractivity contribution in [3.05, 3.63) is 0 Å². The SMILES string of the molecule is CCCNCC(=O)NCCCCC(F)(F)F. The van der Waals surface area contributed by atoms with Gasteiger partial charge in [0.2, 0.25) is 5.91 Å². The molecular weight excluding hydrogens is 221 g/mol. The third-order valence-electron chi connectivity index (χ3n) is 1.92. The van der Waals surface area contributed by atoms with Crippen molar-refractivity contribution >= 4 is 5.91 Å². The lowest BCUT2D eigenvalue weighted by atomic mass is 10.2. The summed E-state index contributed by atoms with van der Waals surface area (Å²) < 4.78 is 35.2. The van der Waals surface area contributed by atoms with Gasteiger partial charge in [-0.25, -0.2) is 0 Å². The molecule has 0 heterocycles. The van der Waals surface area contributed by atoms with Gasteiger partial charge < -0.3 is 10.6 Å². The second kappa shape index (κ2) is 8.38. The van der Waals surface area contributed by atoms with Gasteiger partial charge in [-0.05, 0) is 25.8 Å². The van der Waals surface area contributed by atoms with Crippen molar-refractivity contribution in [1.29, 1.82) is 0 Å². The van der Waals surface area contributed by atoms with E-state index in [0.717, 1.165) is 13.0 Å². The molecule has 0 saturated heterocycles. The van der Waals surface area contributed by atoms with Gasteiger partial charge in [-0.15, -0.1) is 0 Å². The molecule has 0 atom stereocenters. The van der Waals surface area contributed by atoms with Crippen molar-refractivity contribution in [2.45, 2.75) is 38.8 Å². The van der Waals surface area contributed by atoms with Crippen molar-refractivity contribution in [3.8, 4) is 0 Å². The Morgan fingerprint density at radius 2 is 1.88 bits per heavy atom. The highest BCUT2D eigenvalue weighted by Gasteiger charge is 2.25. The summed E-state index contributed by atoms with van der Waals surface area (Å²) in [6.45, 7) is 3.29. The third-order valence-corrected chi connectivity index (χ3v) is 1.92. The zero-order valence-electron chi connectivity index (χ0n) is 9.49. The van der Waals surface area contributed by atoms with Gasteiger partial charge in [0.1, 0.15) is 0 Å². The summed E-state index contributed by atoms with van der Waals surface area (Å²) in [5, 5.41) is 5.47. The first-order valence-electron chi connectivity index (χ1n) is 5.50. The second-order valence-corrected chi connectivity index (χ2v) is 3.60. The molecule has 16 heavy (non-hydrogen) atoms. The Kier molecular flexibility index (Phi) is 7.97. The maximum Gasteiger partial charge on any atom is 0.389 e. The molecule has 0 aliphatic carbocycles. The second-order valence-electron chi connectivity index (χ2n) is 3.60. The highest BCUT2D eigenvalue weighted by Crippen LogP contribution is 2.21. The summed E-state index contributed by atoms with van der Waals surface area (Å²) in [6.07, 6.45) is -3.51. The first-order valence-corrected chi connectivity index (χ1v) is 5.50. The topological polar surface area (TPSA) is 41.1 Å². The van der Waals surface area contributed by atoms with Gasteiger partial charge in [0.25, 0.3) is 0 Å². The van der Waals surface area contributed by atoms with E-state index >= 15 is 0 Å². The lowest BCUT2D eigenvalue weighted by molar-refractivity contribution is -0.135. The smallest absolute Gasteiger partial charge is 0.355 e. The van der Waals surface area contributed by atoms with Gasteiger partial charge in [-0.2, -0.15) is 13.2 Å². The quantitative estimate of drug-likeness (QED) is 0.635. The van der Waals surface area contributed by atoms with Gasteiger partial charge in [0.15, 0.2) is 0 Å². The number of nitrogens with one attached hydrogen (secondary N) is 2. The molecule has 1 amide bonds. The molecule has 0 aliphatic heterocycles. The van der Waals surface area contributed by atoms with Gasteiger partial charge in [-0.1, -0.05) is 6.92 Å². The normalized spacial score (nSPS) is 11.5. The van der Waals surface area contributed by atoms with Crippen molar-refractivity contribution in [2.75, 3.05) is 19.6 Å². The van der Waals surface area contributed by atoms with Crippen LogP contribution in [0.5, 0.6) is 0 Å². The average Bonchev–Trinajstić information content (AvgIpc) is 2.16. The number of halogens is 3. The number of hydrogen-bond donors (Lipinski definition) is 2. The number of hydrogen-bond acceptors (Lipinski definition) is 2. The molecule has 3 nitrogen and oxygen atoms in total. The first kappa shape index (κ1) is 15.2. The Bertz CT molecular complexity index is 195. The molecule has 0 fully saturated rings. The fraction of sp³-hybridized carbons (Fsp3) is 0.900. The molecule has 0 aromatic carbocycles. The van der Waals surface area contributed by atoms with Crippen LogP contribution in [0.2, 0.25) is 0 Å². The molecule has 0 saturated carbocycles. The van der Waals surface area contributed by atoms with Crippen LogP contribution in [0, 0.1) is 0 Å². The summed E-state index contributed by atoms with van der Waals surface area (Å²) in [4.78, 5) is 11.1. The Morgan fingerprint density at radius 3 is 2.44 bits per heavy atom. The summed E-state index contributed by atoms with van der Waals surface area (Å²) in [5.41, 5.74) is 0. The molecule has 0 spiro atoms. The van der Waals surface area contributed by atoms with E-state index in [-0.39, 0.29) is 18.9 Å². The van der Waals surface area contributed by atoms with E-state index in [0.29, 0.717) is 13.0 Å². The molecule has 0 bridgehead atoms. The van der Waals surface area contributed by atoms with Crippen molar-refractivity contribution in [2.24, 2.45) is 0 Å². The average molecular weight is 240 g/mol. The Labute approximate surface area is 93.8 Å². The van der Waals surface area contributed by atoms with E-state index < -0.39 is 12.6 Å². The first-order chi connectivity index (χ1) is 7.45. The van der Waals surface area contributed by atoms with Crippen LogP contribution in [0.25, 0.3) is 0 Å². The van der Waals surface area contributed by atoms with Gasteiger partial charge in [0.05, 0.1) is 6.54 Å². The lowest BCUT2D eigenvalue weighted by Gasteiger charge is -2.07. The van der Waals surface area contributed by atoms with Crippen molar-refractivity contribution in [1.82, 2.24) is 10.6 Å². The van der Waals surface area contributed by atoms with E-state index in [1.54, 1.807) is 0 Å². The summed E-state index contributed by atoms with van der Waals surface area (Å²) in [7, 11) is 0. The minimum atomic E-state index is -4.09. The molecule has 0 unspecified atom stereocenters. The molecule has 2 N–H and O–H groups in total. The number of alkyl halides is 3. The number of rotatable bonds is 8. The number of amides is 1. The fourth-order valence-corrected chi connectivity index (χ4v) is 1.12. The standard InChI is InChI=1S/C10H19F3N2O/c1-2-6-14-8-9(16)15-7-4-3-5-10(11,12)13/h14H,2-8H2,1H3,(H,15,16). The number of unbranched alkanes of at least 4 members (excludes halogenated alkanes) is 1. The predicted molar refractivity (Wildman–Crippen MR) is 56.1 cm³/mol. The molecule has 6 heteroatoms. The van der Waals surface area contributed by atoms with Gasteiger partial charge in [-0.3, -0.25) is 4.79 Å². The van der Waals surface area contributed by atoms with Crippen LogP contribution >= 0.6 is 0 Å². The molecule has 0 radical (unpaired) electrons. The van der Waals surface area contributed by atoms with Crippen molar-refractivity contribution in [3.63, 3.8) is 0 Å². The van der Waals surface area contributed by atoms with E-state index in [2.05, 4.69) is 10.6 Å². The summed E-state index contributed by atoms with van der Waals surface area (Å²) in [6, 6.07) is 0. The Morgan fingerprint density at radius 1 is 1.19 bits per heavy atom. The van der Waals surface area contributed by atoms with E-state index in [9.17, 15) is 18.0 Å². The summed E-state index contributed by atoms with van der Waals surface area (Å²) >= 11 is 0. The number of carbonyl (C=O) groups excluding carboxylic acids is 1. The molecular formula is C10H19F3N2O. The zero-order chi connectivity index (χ0) is 12.4. The molecule has 96 valence electrons. The monoisotopic (exact) mass is 240 g/mol. The zero-order valence-corrected chi connectivity index (χ0v) is 9.49. The van der Waals surface area contributed by atoms with Crippen molar-refractivity contribution < 1.29 is 18.0 Å². The van der Waals surface area contributed by atoms with Crippen LogP contribution in [0.1, 0.15) is 32.6 Å². The van der Waals surface area contributed by atoms with E-state index in [4.69, 9.17) is 0 Å². The van der Waals surface area contributed by atoms with Crippen LogP contribution in [-0.4, -0.2) is 31.7 Å². The molecule has 0 aromatic heterocycles. The Balaban J connectivity index is 3.28.